The number of carbonyl (C=O) groups excluding carboxylic acids is 3. The molecule has 300 valence electrons. The van der Waals surface area contributed by atoms with Crippen molar-refractivity contribution < 1.29 is 14.4 Å². The second-order valence-corrected chi connectivity index (χ2v) is 12.3. The van der Waals surface area contributed by atoms with Gasteiger partial charge in [-0.3, -0.25) is 40.7 Å². The van der Waals surface area contributed by atoms with Gasteiger partial charge in [-0.05, 0) is 54.5 Å². The predicted octanol–water partition coefficient (Wildman–Crippen LogP) is 4.37. The molecule has 57 heavy (non-hydrogen) atoms. The maximum atomic E-state index is 11.7. The van der Waals surface area contributed by atoms with E-state index in [0.717, 1.165) is 40.4 Å². The minimum Gasteiger partial charge on any atom is -0.370 e. The Bertz CT molecular complexity index is 2010. The second-order valence-electron chi connectivity index (χ2n) is 12.3. The van der Waals surface area contributed by atoms with Crippen LogP contribution in [0.5, 0.6) is 0 Å². The Balaban J connectivity index is 0.000000283. The minimum atomic E-state index is -0.333. The van der Waals surface area contributed by atoms with Crippen LogP contribution >= 0.6 is 0 Å². The topological polar surface area (TPSA) is 278 Å². The van der Waals surface area contributed by atoms with Gasteiger partial charge in [-0.15, -0.1) is 0 Å². The molecular weight excluding hydrogens is 721 g/mol. The molecule has 0 saturated heterocycles. The number of fused-ring (bicyclic) bond motifs is 1. The second kappa shape index (κ2) is 26.5. The highest BCUT2D eigenvalue weighted by molar-refractivity contribution is 6.04. The average molecular weight is 775 g/mol. The summed E-state index contributed by atoms with van der Waals surface area (Å²) in [4.78, 5) is 46.3. The van der Waals surface area contributed by atoms with Gasteiger partial charge in [0.25, 0.3) is 11.8 Å². The van der Waals surface area contributed by atoms with Crippen molar-refractivity contribution >= 4 is 70.2 Å². The Hall–Kier alpha value is -7.29. The highest BCUT2D eigenvalue weighted by Gasteiger charge is 2.12. The summed E-state index contributed by atoms with van der Waals surface area (Å²) in [6.45, 7) is 3.79. The summed E-state index contributed by atoms with van der Waals surface area (Å²) >= 11 is 0. The largest absolute Gasteiger partial charge is 0.370 e. The Labute approximate surface area is 333 Å². The van der Waals surface area contributed by atoms with Gasteiger partial charge < -0.3 is 28.7 Å². The molecular formula is C42H54N12O3. The number of rotatable bonds is 7. The van der Waals surface area contributed by atoms with Gasteiger partial charge in [-0.1, -0.05) is 116 Å². The van der Waals surface area contributed by atoms with Crippen LogP contribution < -0.4 is 44.6 Å². The summed E-state index contributed by atoms with van der Waals surface area (Å²) in [5, 5.41) is 15.6. The zero-order chi connectivity index (χ0) is 41.8. The molecule has 3 amide bonds. The molecule has 14 N–H and O–H groups in total. The van der Waals surface area contributed by atoms with Gasteiger partial charge in [0.05, 0.1) is 11.7 Å². The lowest BCUT2D eigenvalue weighted by Gasteiger charge is -2.18. The molecule has 15 nitrogen and oxygen atoms in total. The first kappa shape index (κ1) is 45.9. The Kier molecular flexibility index (Phi) is 21.3. The number of nitrogens with two attached hydrogens (primary N) is 5. The standard InChI is InChI=1S/C16H21N3O.C13H13N3O.C12H15N3O.CH5N3/c17-16(18-14-9-5-2-6-10-14)19-15(20)12-11-13-7-3-1-4-8-13;1-9(17)15-13(14)16-12-8-4-6-10-5-2-3-7-11(10)12;1-2-14-12(13)15-11(16)9-8-10-6-4-3-5-7-10;2-1(3)4/h1,3-4,7-8,11-12,14H,2,5-6,9-10H2,(H3,17,18,19,20);2-8H,1H3,(H3,14,15,16,17);3-9H,2H2,1H3,(H3,13,14,15,16);(H5,2,3,4). The number of benzene rings is 4. The fourth-order valence-electron chi connectivity index (χ4n) is 5.10. The lowest BCUT2D eigenvalue weighted by Crippen LogP contribution is -2.37. The molecule has 0 unspecified atom stereocenters. The molecule has 0 heterocycles. The first-order chi connectivity index (χ1) is 27.4. The smallest absolute Gasteiger partial charge is 0.250 e. The highest BCUT2D eigenvalue weighted by atomic mass is 16.2. The summed E-state index contributed by atoms with van der Waals surface area (Å²) in [6.07, 6.45) is 12.2. The van der Waals surface area contributed by atoms with Crippen molar-refractivity contribution in [1.29, 1.82) is 5.41 Å². The van der Waals surface area contributed by atoms with Crippen molar-refractivity contribution in [2.75, 3.05) is 6.54 Å². The fourth-order valence-corrected chi connectivity index (χ4v) is 5.10. The molecule has 1 saturated carbocycles. The number of nitrogens with one attached hydrogen (secondary N) is 4. The van der Waals surface area contributed by atoms with Crippen LogP contribution in [-0.4, -0.2) is 54.1 Å². The van der Waals surface area contributed by atoms with Gasteiger partial charge in [0, 0.05) is 31.0 Å². The first-order valence-electron chi connectivity index (χ1n) is 18.3. The minimum absolute atomic E-state index is 0.105. The fraction of sp³-hybridized carbons (Fsp3) is 0.214. The lowest BCUT2D eigenvalue weighted by atomic mass is 9.96. The molecule has 15 heteroatoms. The summed E-state index contributed by atoms with van der Waals surface area (Å²) in [5.74, 6) is -0.616. The monoisotopic (exact) mass is 774 g/mol. The predicted molar refractivity (Wildman–Crippen MR) is 233 cm³/mol. The number of nitrogens with zero attached hydrogens (tertiary/aromatic N) is 3. The summed E-state index contributed by atoms with van der Waals surface area (Å²) in [6, 6.07) is 33.1. The zero-order valence-electron chi connectivity index (χ0n) is 32.4. The van der Waals surface area contributed by atoms with E-state index < -0.39 is 0 Å². The summed E-state index contributed by atoms with van der Waals surface area (Å²) in [5.41, 5.74) is 28.4. The Morgan fingerprint density at radius 3 is 1.68 bits per heavy atom. The van der Waals surface area contributed by atoms with Crippen LogP contribution in [0.25, 0.3) is 22.9 Å². The molecule has 0 atom stereocenters. The van der Waals surface area contributed by atoms with Crippen LogP contribution in [0, 0.1) is 5.41 Å². The third-order valence-electron chi connectivity index (χ3n) is 7.49. The third-order valence-corrected chi connectivity index (χ3v) is 7.49. The first-order valence-corrected chi connectivity index (χ1v) is 18.3. The SMILES string of the molecule is CC(=O)NC(N)=Nc1cccc2ccccc12.CCN=C(N)NC(=O)C=Cc1ccccc1.N=C(N)N.NC(=NC1CCCCC1)NC(=O)C=Cc1ccccc1. The van der Waals surface area contributed by atoms with Gasteiger partial charge in [0.1, 0.15) is 0 Å². The van der Waals surface area contributed by atoms with E-state index in [1.54, 1.807) is 12.2 Å². The van der Waals surface area contributed by atoms with Crippen molar-refractivity contribution in [3.63, 3.8) is 0 Å². The summed E-state index contributed by atoms with van der Waals surface area (Å²) < 4.78 is 0. The molecule has 0 aliphatic heterocycles. The molecule has 5 rings (SSSR count). The van der Waals surface area contributed by atoms with Crippen LogP contribution in [0.2, 0.25) is 0 Å². The highest BCUT2D eigenvalue weighted by Crippen LogP contribution is 2.25. The molecule has 1 aliphatic carbocycles. The van der Waals surface area contributed by atoms with Gasteiger partial charge in [0.15, 0.2) is 17.9 Å². The van der Waals surface area contributed by atoms with Gasteiger partial charge in [-0.2, -0.15) is 0 Å². The van der Waals surface area contributed by atoms with Crippen LogP contribution in [-0.2, 0) is 14.4 Å². The number of aliphatic imine (C=N–C) groups is 3. The number of amides is 3. The van der Waals surface area contributed by atoms with E-state index in [4.69, 9.17) is 22.6 Å². The Morgan fingerprint density at radius 1 is 0.667 bits per heavy atom. The van der Waals surface area contributed by atoms with Crippen molar-refractivity contribution in [2.24, 2.45) is 43.6 Å². The van der Waals surface area contributed by atoms with Crippen molar-refractivity contribution in [3.8, 4) is 0 Å². The van der Waals surface area contributed by atoms with Crippen LogP contribution in [0.3, 0.4) is 0 Å². The molecule has 0 radical (unpaired) electrons. The summed E-state index contributed by atoms with van der Waals surface area (Å²) in [7, 11) is 0. The van der Waals surface area contributed by atoms with E-state index in [0.29, 0.717) is 6.54 Å². The van der Waals surface area contributed by atoms with Crippen LogP contribution in [0.15, 0.2) is 130 Å². The quantitative estimate of drug-likeness (QED) is 0.0737. The molecule has 1 fully saturated rings. The Morgan fingerprint density at radius 2 is 1.16 bits per heavy atom. The van der Waals surface area contributed by atoms with E-state index in [1.807, 2.05) is 110 Å². The molecule has 0 bridgehead atoms. The van der Waals surface area contributed by atoms with Crippen LogP contribution in [0.1, 0.15) is 57.1 Å². The average Bonchev–Trinajstić information content (AvgIpc) is 3.18. The maximum Gasteiger partial charge on any atom is 0.250 e. The van der Waals surface area contributed by atoms with Gasteiger partial charge in [-0.25, -0.2) is 9.98 Å². The molecule has 4 aromatic carbocycles. The molecule has 0 spiro atoms. The van der Waals surface area contributed by atoms with Crippen molar-refractivity contribution in [2.45, 2.75) is 52.0 Å². The zero-order valence-corrected chi connectivity index (χ0v) is 32.4. The molecule has 1 aliphatic rings. The van der Waals surface area contributed by atoms with Crippen LogP contribution in [0.4, 0.5) is 5.69 Å². The van der Waals surface area contributed by atoms with E-state index in [1.165, 1.54) is 38.3 Å². The van der Waals surface area contributed by atoms with Gasteiger partial charge >= 0.3 is 0 Å². The third kappa shape index (κ3) is 21.3. The van der Waals surface area contributed by atoms with Crippen molar-refractivity contribution in [3.05, 3.63) is 126 Å². The number of carbonyl (C=O) groups is 3. The van der Waals surface area contributed by atoms with E-state index in [-0.39, 0.29) is 47.6 Å². The van der Waals surface area contributed by atoms with E-state index >= 15 is 0 Å². The molecule has 0 aromatic heterocycles. The number of hydrogen-bond acceptors (Lipinski definition) is 7. The van der Waals surface area contributed by atoms with E-state index in [2.05, 4.69) is 42.4 Å². The van der Waals surface area contributed by atoms with E-state index in [9.17, 15) is 14.4 Å². The lowest BCUT2D eigenvalue weighted by molar-refractivity contribution is -0.118. The normalized spacial score (nSPS) is 13.2. The molecule has 4 aromatic rings. The maximum absolute atomic E-state index is 11.7. The number of hydrogen-bond donors (Lipinski definition) is 9. The van der Waals surface area contributed by atoms with Gasteiger partial charge in [0.2, 0.25) is 11.9 Å². The van der Waals surface area contributed by atoms with Crippen molar-refractivity contribution in [1.82, 2.24) is 16.0 Å². The number of guanidine groups is 4.